The van der Waals surface area contributed by atoms with Crippen LogP contribution in [0.3, 0.4) is 0 Å². The fourth-order valence-corrected chi connectivity index (χ4v) is 18.2. The Bertz CT molecular complexity index is 4070. The summed E-state index contributed by atoms with van der Waals surface area (Å²) < 4.78 is 105. The van der Waals surface area contributed by atoms with Crippen LogP contribution in [0.4, 0.5) is 30.2 Å². The van der Waals surface area contributed by atoms with Gasteiger partial charge in [0.2, 0.25) is 17.7 Å². The summed E-state index contributed by atoms with van der Waals surface area (Å²) in [5.74, 6) is -1.40. The average Bonchev–Trinajstić information content (AvgIpc) is 1.72. The van der Waals surface area contributed by atoms with E-state index in [1.54, 1.807) is 17.0 Å². The molecule has 0 spiro atoms. The number of imide groups is 1. The van der Waals surface area contributed by atoms with Crippen LogP contribution in [-0.2, 0) is 45.5 Å². The Morgan fingerprint density at radius 3 is 2.14 bits per heavy atom. The van der Waals surface area contributed by atoms with Gasteiger partial charge in [-0.2, -0.15) is 13.2 Å². The summed E-state index contributed by atoms with van der Waals surface area (Å²) in [6, 6.07) is 31.0. The Morgan fingerprint density at radius 2 is 1.43 bits per heavy atom. The Balaban J connectivity index is 0.606. The van der Waals surface area contributed by atoms with Crippen LogP contribution in [0.25, 0.3) is 5.57 Å². The minimum Gasteiger partial charge on any atom is -0.380 e. The third-order valence-corrected chi connectivity index (χ3v) is 25.0. The van der Waals surface area contributed by atoms with E-state index in [4.69, 9.17) is 16.3 Å². The van der Waals surface area contributed by atoms with Gasteiger partial charge in [-0.25, -0.2) is 21.6 Å². The molecule has 3 N–H and O–H groups in total. The molecular formula is C73H89ClF3N11O10S3. The van der Waals surface area contributed by atoms with Crippen LogP contribution in [0.1, 0.15) is 96.6 Å². The Hall–Kier alpha value is -7.08. The van der Waals surface area contributed by atoms with E-state index in [0.717, 1.165) is 145 Å². The van der Waals surface area contributed by atoms with E-state index in [1.165, 1.54) is 40.6 Å². The van der Waals surface area contributed by atoms with Crippen molar-refractivity contribution in [3.05, 3.63) is 148 Å². The number of carbonyl (C=O) groups is 5. The second-order valence-electron chi connectivity index (χ2n) is 27.8. The molecule has 101 heavy (non-hydrogen) atoms. The van der Waals surface area contributed by atoms with Gasteiger partial charge < -0.3 is 34.6 Å². The van der Waals surface area contributed by atoms with Crippen molar-refractivity contribution < 1.29 is 58.7 Å². The summed E-state index contributed by atoms with van der Waals surface area (Å²) in [5.41, 5.74) is 1.05. The fraction of sp³-hybridized carbons (Fsp3) is 0.493. The smallest absolute Gasteiger partial charge is 0.380 e. The van der Waals surface area contributed by atoms with E-state index in [0.29, 0.717) is 101 Å². The highest BCUT2D eigenvalue weighted by Gasteiger charge is 2.49. The Kier molecular flexibility index (Phi) is 23.6. The van der Waals surface area contributed by atoms with E-state index in [2.05, 4.69) is 65.2 Å². The van der Waals surface area contributed by atoms with Crippen LogP contribution in [0.2, 0.25) is 5.02 Å². The molecule has 1 unspecified atom stereocenters. The first-order chi connectivity index (χ1) is 48.4. The molecule has 1 aliphatic carbocycles. The maximum absolute atomic E-state index is 14.4. The molecule has 5 fully saturated rings. The van der Waals surface area contributed by atoms with E-state index >= 15 is 0 Å². The highest BCUT2D eigenvalue weighted by atomic mass is 35.5. The summed E-state index contributed by atoms with van der Waals surface area (Å²) in [7, 11) is -11.0. The number of carbonyl (C=O) groups excluding carboxylic acids is 5. The van der Waals surface area contributed by atoms with E-state index in [1.807, 2.05) is 64.2 Å². The number of piperazine rings is 3. The monoisotopic (exact) mass is 1470 g/mol. The number of sulfone groups is 1. The number of amides is 5. The van der Waals surface area contributed by atoms with Gasteiger partial charge in [0.25, 0.3) is 31.7 Å². The molecule has 0 aromatic heterocycles. The maximum Gasteiger partial charge on any atom is 0.501 e. The predicted molar refractivity (Wildman–Crippen MR) is 384 cm³/mol. The van der Waals surface area contributed by atoms with Gasteiger partial charge in [0.05, 0.1) is 17.2 Å². The van der Waals surface area contributed by atoms with Crippen LogP contribution in [-0.4, -0.2) is 230 Å². The molecule has 7 aliphatic rings. The standard InChI is InChI=1S/C73H89ClF3N11O10S3/c1-72(51-84-34-40-87(41-35-84)68(90)9-5-27-82-30-36-86(37-31-82)59-18-20-63-54(45-59)49-88(71(63)93)65-22-23-67(89)79-70(65)92)26-24-62(52-10-14-56(74)15-11-52)55(47-72)48-83-32-38-85(39-33-83)58-16-12-53(13-17-58)69(91)80-101(96,97)61-19-21-64(66(46-61)100(94,95)73(75,76)77)78-57(50-99-60-7-3-2-4-8-60)25-29-81-28-6-43-98-44-42-81/h2-4,7-8,10-21,45-46,57,65,78H,5-6,9,22-44,47-51H2,1H3,(H,80,91)(H,79,89,92)/t57-,65?,72-/m1/s1. The number of alkyl halides is 3. The van der Waals surface area contributed by atoms with E-state index < -0.39 is 64.7 Å². The summed E-state index contributed by atoms with van der Waals surface area (Å²) in [6.07, 6.45) is 5.92. The first-order valence-corrected chi connectivity index (χ1v) is 39.3. The number of nitrogens with zero attached hydrogens (tertiary/aromatic N) is 8. The van der Waals surface area contributed by atoms with Crippen molar-refractivity contribution in [2.75, 3.05) is 152 Å². The van der Waals surface area contributed by atoms with Gasteiger partial charge >= 0.3 is 5.51 Å². The highest BCUT2D eigenvalue weighted by Crippen LogP contribution is 2.45. The van der Waals surface area contributed by atoms with Gasteiger partial charge in [-0.15, -0.1) is 11.8 Å². The zero-order chi connectivity index (χ0) is 71.1. The van der Waals surface area contributed by atoms with Gasteiger partial charge in [0.1, 0.15) is 10.9 Å². The van der Waals surface area contributed by atoms with Crippen LogP contribution >= 0.6 is 23.4 Å². The lowest BCUT2D eigenvalue weighted by atomic mass is 9.71. The van der Waals surface area contributed by atoms with Crippen LogP contribution in [0.5, 0.6) is 0 Å². The molecule has 0 saturated carbocycles. The molecule has 5 amide bonds. The van der Waals surface area contributed by atoms with Gasteiger partial charge in [-0.1, -0.05) is 54.4 Å². The zero-order valence-corrected chi connectivity index (χ0v) is 60.1. The molecule has 0 bridgehead atoms. The molecule has 542 valence electrons. The summed E-state index contributed by atoms with van der Waals surface area (Å²) >= 11 is 7.84. The summed E-state index contributed by atoms with van der Waals surface area (Å²) in [6.45, 7) is 17.6. The number of ether oxygens (including phenoxy) is 1. The largest absolute Gasteiger partial charge is 0.501 e. The summed E-state index contributed by atoms with van der Waals surface area (Å²) in [4.78, 5) is 81.3. The van der Waals surface area contributed by atoms with Crippen molar-refractivity contribution in [2.24, 2.45) is 5.41 Å². The van der Waals surface area contributed by atoms with Crippen molar-refractivity contribution in [1.29, 1.82) is 0 Å². The molecule has 21 nitrogen and oxygen atoms in total. The maximum atomic E-state index is 14.4. The molecule has 0 radical (unpaired) electrons. The molecule has 28 heteroatoms. The van der Waals surface area contributed by atoms with Crippen molar-refractivity contribution in [2.45, 2.75) is 104 Å². The molecular weight excluding hydrogens is 1380 g/mol. The quantitative estimate of drug-likeness (QED) is 0.0388. The number of anilines is 3. The number of thioether (sulfide) groups is 1. The van der Waals surface area contributed by atoms with Crippen molar-refractivity contribution in [3.8, 4) is 0 Å². The highest BCUT2D eigenvalue weighted by molar-refractivity contribution is 7.99. The predicted octanol–water partition coefficient (Wildman–Crippen LogP) is 8.71. The lowest BCUT2D eigenvalue weighted by Crippen LogP contribution is -2.52. The van der Waals surface area contributed by atoms with Gasteiger partial charge in [0, 0.05) is 181 Å². The second kappa shape index (κ2) is 32.3. The third kappa shape index (κ3) is 18.3. The fourth-order valence-electron chi connectivity index (χ4n) is 15.0. The molecule has 12 rings (SSSR count). The normalized spacial score (nSPS) is 21.5. The number of rotatable bonds is 24. The van der Waals surface area contributed by atoms with Crippen LogP contribution in [0.15, 0.2) is 136 Å². The molecule has 6 heterocycles. The van der Waals surface area contributed by atoms with Crippen molar-refractivity contribution in [1.82, 2.24) is 39.4 Å². The number of nitrogens with one attached hydrogen (secondary N) is 3. The molecule has 3 atom stereocenters. The van der Waals surface area contributed by atoms with Crippen molar-refractivity contribution >= 4 is 95.4 Å². The molecule has 5 aromatic rings. The number of fused-ring (bicyclic) bond motifs is 1. The third-order valence-electron chi connectivity index (χ3n) is 20.7. The van der Waals surface area contributed by atoms with Gasteiger partial charge in [-0.3, -0.25) is 44.0 Å². The van der Waals surface area contributed by atoms with Crippen LogP contribution < -0.4 is 25.2 Å². The van der Waals surface area contributed by atoms with E-state index in [-0.39, 0.29) is 35.1 Å². The lowest BCUT2D eigenvalue weighted by Gasteiger charge is -2.44. The lowest BCUT2D eigenvalue weighted by molar-refractivity contribution is -0.137. The summed E-state index contributed by atoms with van der Waals surface area (Å²) in [5, 5.41) is 6.07. The number of allylic oxidation sites excluding steroid dienone is 1. The number of benzene rings is 5. The minimum atomic E-state index is -6.10. The minimum absolute atomic E-state index is 0.00314. The first kappa shape index (κ1) is 73.7. The van der Waals surface area contributed by atoms with Gasteiger partial charge in [-0.05, 0) is 159 Å². The SMILES string of the molecule is C[C@@]1(CN2CCN(C(=O)CCCN3CCN(c4ccc5c(c4)CN(C4CCC(=O)NC4=O)C5=O)CC3)CC2)CCC(c2ccc(Cl)cc2)=C(CN2CCN(c3ccc(C(=O)NS(=O)(=O)c4ccc(N[C@H](CCN5CCCOCC5)CSc5ccccc5)c(S(=O)(=O)C(F)(F)F)c4)cc3)CC2)C1. The average molecular weight is 1470 g/mol. The van der Waals surface area contributed by atoms with Crippen molar-refractivity contribution in [3.63, 3.8) is 0 Å². The Morgan fingerprint density at radius 1 is 0.743 bits per heavy atom. The van der Waals surface area contributed by atoms with Crippen LogP contribution in [0, 0.1) is 5.41 Å². The number of hydrogen-bond donors (Lipinski definition) is 3. The number of halogens is 4. The molecule has 6 aliphatic heterocycles. The molecule has 5 aromatic carbocycles. The second-order valence-corrected chi connectivity index (χ2v) is 32.9. The zero-order valence-electron chi connectivity index (χ0n) is 56.9. The molecule has 5 saturated heterocycles. The van der Waals surface area contributed by atoms with E-state index in [9.17, 15) is 54.0 Å². The Labute approximate surface area is 599 Å². The first-order valence-electron chi connectivity index (χ1n) is 35.0. The number of piperidine rings is 1. The topological polar surface area (TPSA) is 225 Å². The van der Waals surface area contributed by atoms with Gasteiger partial charge in [0.15, 0.2) is 0 Å². The number of hydrogen-bond acceptors (Lipinski definition) is 18. The number of sulfonamides is 1.